The molecule has 0 saturated carbocycles. The van der Waals surface area contributed by atoms with Crippen molar-refractivity contribution in [2.24, 2.45) is 12.8 Å². The number of rotatable bonds is 5. The summed E-state index contributed by atoms with van der Waals surface area (Å²) in [5, 5.41) is 8.87. The summed E-state index contributed by atoms with van der Waals surface area (Å²) in [6.45, 7) is 4.79. The molecule has 98 valence electrons. The molecular formula is C13H21N5. The second kappa shape index (κ2) is 5.35. The molecule has 1 atom stereocenters. The zero-order valence-electron chi connectivity index (χ0n) is 11.3. The van der Waals surface area contributed by atoms with E-state index in [9.17, 15) is 0 Å². The predicted octanol–water partition coefficient (Wildman–Crippen LogP) is 1.29. The summed E-state index contributed by atoms with van der Waals surface area (Å²) in [5.74, 6) is 0. The van der Waals surface area contributed by atoms with Crippen LogP contribution in [0.5, 0.6) is 0 Å². The number of nitrogens with two attached hydrogens (primary N) is 1. The smallest absolute Gasteiger partial charge is 0.0924 e. The lowest BCUT2D eigenvalue weighted by Crippen LogP contribution is -2.23. The maximum Gasteiger partial charge on any atom is 0.0924 e. The van der Waals surface area contributed by atoms with Crippen LogP contribution in [0.2, 0.25) is 0 Å². The number of aromatic nitrogens is 4. The number of hydrogen-bond donors (Lipinski definition) is 1. The fraction of sp³-hybridized carbons (Fsp3) is 0.538. The molecule has 0 saturated heterocycles. The van der Waals surface area contributed by atoms with E-state index in [1.807, 2.05) is 19.4 Å². The first-order valence-electron chi connectivity index (χ1n) is 6.45. The minimum absolute atomic E-state index is 0.0777. The third-order valence-electron chi connectivity index (χ3n) is 3.22. The van der Waals surface area contributed by atoms with Crippen LogP contribution in [0.4, 0.5) is 0 Å². The molecule has 0 aromatic carbocycles. The zero-order chi connectivity index (χ0) is 13.1. The summed E-state index contributed by atoms with van der Waals surface area (Å²) in [4.78, 5) is 0. The molecule has 0 fully saturated rings. The first-order valence-corrected chi connectivity index (χ1v) is 6.45. The van der Waals surface area contributed by atoms with Crippen molar-refractivity contribution in [1.82, 2.24) is 19.6 Å². The van der Waals surface area contributed by atoms with Crippen molar-refractivity contribution in [2.45, 2.75) is 32.7 Å². The lowest BCUT2D eigenvalue weighted by Gasteiger charge is -2.16. The Balaban J connectivity index is 2.40. The highest BCUT2D eigenvalue weighted by Crippen LogP contribution is 2.19. The summed E-state index contributed by atoms with van der Waals surface area (Å²) in [6, 6.07) is 2.24. The Labute approximate surface area is 108 Å². The van der Waals surface area contributed by atoms with E-state index >= 15 is 0 Å². The lowest BCUT2D eigenvalue weighted by molar-refractivity contribution is 0.507. The molecular weight excluding hydrogens is 226 g/mol. The minimum atomic E-state index is 0.0777. The molecule has 0 aliphatic carbocycles. The molecule has 2 heterocycles. The predicted molar refractivity (Wildman–Crippen MR) is 71.4 cm³/mol. The fourth-order valence-corrected chi connectivity index (χ4v) is 2.19. The van der Waals surface area contributed by atoms with Gasteiger partial charge in [-0.2, -0.15) is 10.2 Å². The van der Waals surface area contributed by atoms with E-state index in [0.717, 1.165) is 24.1 Å². The van der Waals surface area contributed by atoms with Crippen LogP contribution >= 0.6 is 0 Å². The van der Waals surface area contributed by atoms with E-state index in [1.165, 1.54) is 5.69 Å². The van der Waals surface area contributed by atoms with Gasteiger partial charge in [0.15, 0.2) is 0 Å². The molecule has 0 aliphatic rings. The van der Waals surface area contributed by atoms with Crippen LogP contribution in [0.25, 0.3) is 0 Å². The first kappa shape index (κ1) is 12.8. The second-order valence-corrected chi connectivity index (χ2v) is 4.48. The van der Waals surface area contributed by atoms with E-state index in [4.69, 9.17) is 5.73 Å². The Bertz CT molecular complexity index is 511. The fourth-order valence-electron chi connectivity index (χ4n) is 2.19. The molecule has 18 heavy (non-hydrogen) atoms. The van der Waals surface area contributed by atoms with Gasteiger partial charge in [-0.1, -0.05) is 13.8 Å². The Morgan fingerprint density at radius 3 is 2.61 bits per heavy atom. The second-order valence-electron chi connectivity index (χ2n) is 4.48. The largest absolute Gasteiger partial charge is 0.328 e. The molecule has 0 amide bonds. The van der Waals surface area contributed by atoms with Crippen LogP contribution in [0.3, 0.4) is 0 Å². The first-order chi connectivity index (χ1) is 8.69. The van der Waals surface area contributed by atoms with Crippen LogP contribution in [0.15, 0.2) is 18.5 Å². The Morgan fingerprint density at radius 1 is 1.33 bits per heavy atom. The van der Waals surface area contributed by atoms with E-state index in [2.05, 4.69) is 34.8 Å². The van der Waals surface area contributed by atoms with E-state index in [0.29, 0.717) is 6.54 Å². The van der Waals surface area contributed by atoms with Gasteiger partial charge >= 0.3 is 0 Å². The van der Waals surface area contributed by atoms with Gasteiger partial charge in [-0.3, -0.25) is 9.36 Å². The van der Waals surface area contributed by atoms with Gasteiger partial charge in [-0.05, 0) is 18.9 Å². The summed E-state index contributed by atoms with van der Waals surface area (Å²) in [5.41, 5.74) is 9.38. The highest BCUT2D eigenvalue weighted by molar-refractivity contribution is 5.18. The number of hydrogen-bond acceptors (Lipinski definition) is 3. The van der Waals surface area contributed by atoms with Gasteiger partial charge < -0.3 is 5.73 Å². The maximum atomic E-state index is 5.92. The molecule has 5 nitrogen and oxygen atoms in total. The molecule has 2 N–H and O–H groups in total. The normalized spacial score (nSPS) is 12.9. The average molecular weight is 247 g/mol. The van der Waals surface area contributed by atoms with Gasteiger partial charge in [0.2, 0.25) is 0 Å². The topological polar surface area (TPSA) is 61.7 Å². The van der Waals surface area contributed by atoms with Crippen LogP contribution in [-0.4, -0.2) is 26.1 Å². The monoisotopic (exact) mass is 247 g/mol. The van der Waals surface area contributed by atoms with E-state index in [-0.39, 0.29) is 6.04 Å². The molecule has 0 radical (unpaired) electrons. The average Bonchev–Trinajstić information content (AvgIpc) is 2.97. The van der Waals surface area contributed by atoms with Crippen LogP contribution in [0, 0.1) is 0 Å². The van der Waals surface area contributed by atoms with Crippen molar-refractivity contribution >= 4 is 0 Å². The minimum Gasteiger partial charge on any atom is -0.328 e. The Kier molecular flexibility index (Phi) is 3.81. The SMILES string of the molecule is CCc1cc(CC)n(C(CN)c2cnn(C)c2)n1. The highest BCUT2D eigenvalue weighted by atomic mass is 15.3. The quantitative estimate of drug-likeness (QED) is 0.866. The van der Waals surface area contributed by atoms with E-state index < -0.39 is 0 Å². The summed E-state index contributed by atoms with van der Waals surface area (Å²) >= 11 is 0. The van der Waals surface area contributed by atoms with Crippen LogP contribution < -0.4 is 5.73 Å². The number of aryl methyl sites for hydroxylation is 3. The van der Waals surface area contributed by atoms with Gasteiger partial charge in [-0.15, -0.1) is 0 Å². The molecule has 0 spiro atoms. The van der Waals surface area contributed by atoms with E-state index in [1.54, 1.807) is 4.68 Å². The van der Waals surface area contributed by atoms with Gasteiger partial charge in [0.1, 0.15) is 0 Å². The molecule has 1 unspecified atom stereocenters. The van der Waals surface area contributed by atoms with Crippen molar-refractivity contribution in [3.8, 4) is 0 Å². The molecule has 0 bridgehead atoms. The van der Waals surface area contributed by atoms with Gasteiger partial charge in [0.05, 0.1) is 17.9 Å². The summed E-state index contributed by atoms with van der Waals surface area (Å²) in [6.07, 6.45) is 5.78. The van der Waals surface area contributed by atoms with Crippen LogP contribution in [0.1, 0.15) is 36.8 Å². The zero-order valence-corrected chi connectivity index (χ0v) is 11.3. The van der Waals surface area contributed by atoms with Crippen molar-refractivity contribution in [2.75, 3.05) is 6.54 Å². The van der Waals surface area contributed by atoms with Crippen molar-refractivity contribution in [3.63, 3.8) is 0 Å². The van der Waals surface area contributed by atoms with Crippen molar-refractivity contribution in [1.29, 1.82) is 0 Å². The molecule has 2 aromatic heterocycles. The molecule has 2 aromatic rings. The summed E-state index contributed by atoms with van der Waals surface area (Å²) in [7, 11) is 1.92. The Morgan fingerprint density at radius 2 is 2.11 bits per heavy atom. The molecule has 5 heteroatoms. The molecule has 2 rings (SSSR count). The van der Waals surface area contributed by atoms with Crippen molar-refractivity contribution < 1.29 is 0 Å². The standard InChI is InChI=1S/C13H21N5/c1-4-11-6-12(5-2)18(16-11)13(7-14)10-8-15-17(3)9-10/h6,8-9,13H,4-5,7,14H2,1-3H3. The van der Waals surface area contributed by atoms with Gasteiger partial charge in [-0.25, -0.2) is 0 Å². The van der Waals surface area contributed by atoms with Gasteiger partial charge in [0, 0.05) is 31.0 Å². The van der Waals surface area contributed by atoms with Crippen LogP contribution in [-0.2, 0) is 19.9 Å². The number of nitrogens with zero attached hydrogens (tertiary/aromatic N) is 4. The third kappa shape index (κ3) is 2.31. The lowest BCUT2D eigenvalue weighted by atomic mass is 10.1. The van der Waals surface area contributed by atoms with Gasteiger partial charge in [0.25, 0.3) is 0 Å². The third-order valence-corrected chi connectivity index (χ3v) is 3.22. The van der Waals surface area contributed by atoms with Crippen molar-refractivity contribution in [3.05, 3.63) is 35.4 Å². The molecule has 0 aliphatic heterocycles. The summed E-state index contributed by atoms with van der Waals surface area (Å²) < 4.78 is 3.85. The Hall–Kier alpha value is -1.62. The maximum absolute atomic E-state index is 5.92. The highest BCUT2D eigenvalue weighted by Gasteiger charge is 2.18.